The molecular formula is C18H27N3O4. The Kier molecular flexibility index (Phi) is 5.77. The maximum absolute atomic E-state index is 12.9. The molecule has 0 spiro atoms. The van der Waals surface area contributed by atoms with E-state index in [1.54, 1.807) is 28.0 Å². The Balaban J connectivity index is 2.04. The summed E-state index contributed by atoms with van der Waals surface area (Å²) in [5.74, 6) is 0.312. The minimum atomic E-state index is -0.533. The predicted octanol–water partition coefficient (Wildman–Crippen LogP) is 2.36. The quantitative estimate of drug-likeness (QED) is 0.847. The van der Waals surface area contributed by atoms with E-state index in [0.717, 1.165) is 0 Å². The Morgan fingerprint density at radius 2 is 1.72 bits per heavy atom. The largest absolute Gasteiger partial charge is 0.493 e. The Hall–Kier alpha value is -2.44. The smallest absolute Gasteiger partial charge is 0.410 e. The van der Waals surface area contributed by atoms with Crippen molar-refractivity contribution in [3.8, 4) is 5.75 Å². The molecule has 138 valence electrons. The molecule has 1 aromatic carbocycles. The number of ether oxygens (including phenoxy) is 2. The second-order valence-electron chi connectivity index (χ2n) is 6.91. The number of anilines is 1. The van der Waals surface area contributed by atoms with Gasteiger partial charge in [-0.05, 0) is 39.8 Å². The van der Waals surface area contributed by atoms with Crippen LogP contribution in [0, 0.1) is 0 Å². The first-order chi connectivity index (χ1) is 11.7. The lowest BCUT2D eigenvalue weighted by Crippen LogP contribution is -2.51. The molecule has 0 radical (unpaired) electrons. The third kappa shape index (κ3) is 4.78. The fourth-order valence-corrected chi connectivity index (χ4v) is 2.63. The van der Waals surface area contributed by atoms with Gasteiger partial charge in [-0.3, -0.25) is 4.79 Å². The SMILES string of the molecule is CCOc1cccc(N)c1C(=O)N1CCN(C(=O)OC(C)(C)C)CC1. The van der Waals surface area contributed by atoms with Crippen LogP contribution in [0.4, 0.5) is 10.5 Å². The highest BCUT2D eigenvalue weighted by molar-refractivity contribution is 6.02. The zero-order chi connectivity index (χ0) is 18.6. The molecule has 1 aromatic rings. The van der Waals surface area contributed by atoms with Crippen LogP contribution < -0.4 is 10.5 Å². The minimum Gasteiger partial charge on any atom is -0.493 e. The van der Waals surface area contributed by atoms with Gasteiger partial charge in [0.2, 0.25) is 0 Å². The molecule has 0 aliphatic carbocycles. The average Bonchev–Trinajstić information content (AvgIpc) is 2.53. The molecule has 0 aromatic heterocycles. The molecule has 2 N–H and O–H groups in total. The molecule has 25 heavy (non-hydrogen) atoms. The zero-order valence-electron chi connectivity index (χ0n) is 15.4. The standard InChI is InChI=1S/C18H27N3O4/c1-5-24-14-8-6-7-13(19)15(14)16(22)20-9-11-21(12-10-20)17(23)25-18(2,3)4/h6-8H,5,9-12,19H2,1-4H3. The van der Waals surface area contributed by atoms with Crippen molar-refractivity contribution in [1.82, 2.24) is 9.80 Å². The first kappa shape index (κ1) is 18.9. The number of rotatable bonds is 3. The highest BCUT2D eigenvalue weighted by atomic mass is 16.6. The van der Waals surface area contributed by atoms with E-state index in [-0.39, 0.29) is 12.0 Å². The topological polar surface area (TPSA) is 85.1 Å². The van der Waals surface area contributed by atoms with Gasteiger partial charge in [0.05, 0.1) is 6.61 Å². The first-order valence-electron chi connectivity index (χ1n) is 8.51. The molecule has 0 bridgehead atoms. The summed E-state index contributed by atoms with van der Waals surface area (Å²) >= 11 is 0. The molecule has 1 aliphatic rings. The van der Waals surface area contributed by atoms with Crippen molar-refractivity contribution in [3.63, 3.8) is 0 Å². The van der Waals surface area contributed by atoms with E-state index in [0.29, 0.717) is 49.8 Å². The van der Waals surface area contributed by atoms with E-state index in [9.17, 15) is 9.59 Å². The van der Waals surface area contributed by atoms with Gasteiger partial charge in [0.15, 0.2) is 0 Å². The van der Waals surface area contributed by atoms with E-state index >= 15 is 0 Å². The summed E-state index contributed by atoms with van der Waals surface area (Å²) in [5, 5.41) is 0. The normalized spacial score (nSPS) is 15.0. The number of nitrogens with zero attached hydrogens (tertiary/aromatic N) is 2. The van der Waals surface area contributed by atoms with Crippen LogP contribution in [0.1, 0.15) is 38.1 Å². The monoisotopic (exact) mass is 349 g/mol. The summed E-state index contributed by atoms with van der Waals surface area (Å²) in [6, 6.07) is 5.19. The molecule has 2 rings (SSSR count). The van der Waals surface area contributed by atoms with E-state index in [1.807, 2.05) is 27.7 Å². The van der Waals surface area contributed by atoms with E-state index in [4.69, 9.17) is 15.2 Å². The number of hydrogen-bond acceptors (Lipinski definition) is 5. The third-order valence-corrected chi connectivity index (χ3v) is 3.79. The molecular weight excluding hydrogens is 322 g/mol. The summed E-state index contributed by atoms with van der Waals surface area (Å²) in [4.78, 5) is 28.3. The molecule has 7 heteroatoms. The van der Waals surface area contributed by atoms with Crippen molar-refractivity contribution in [3.05, 3.63) is 23.8 Å². The lowest BCUT2D eigenvalue weighted by Gasteiger charge is -2.36. The van der Waals surface area contributed by atoms with Gasteiger partial charge in [-0.15, -0.1) is 0 Å². The van der Waals surface area contributed by atoms with E-state index < -0.39 is 5.60 Å². The molecule has 1 saturated heterocycles. The van der Waals surface area contributed by atoms with Gasteiger partial charge in [-0.2, -0.15) is 0 Å². The second-order valence-corrected chi connectivity index (χ2v) is 6.91. The minimum absolute atomic E-state index is 0.176. The Morgan fingerprint density at radius 3 is 2.28 bits per heavy atom. The Morgan fingerprint density at radius 1 is 1.12 bits per heavy atom. The number of benzene rings is 1. The number of amides is 2. The maximum Gasteiger partial charge on any atom is 0.410 e. The summed E-state index contributed by atoms with van der Waals surface area (Å²) in [6.45, 7) is 9.52. The highest BCUT2D eigenvalue weighted by Gasteiger charge is 2.29. The van der Waals surface area contributed by atoms with Crippen molar-refractivity contribution in [2.75, 3.05) is 38.5 Å². The van der Waals surface area contributed by atoms with Gasteiger partial charge < -0.3 is 25.0 Å². The van der Waals surface area contributed by atoms with Gasteiger partial charge in [0, 0.05) is 31.9 Å². The van der Waals surface area contributed by atoms with Crippen LogP contribution in [0.25, 0.3) is 0 Å². The van der Waals surface area contributed by atoms with Crippen LogP contribution in [-0.2, 0) is 4.74 Å². The van der Waals surface area contributed by atoms with Crippen molar-refractivity contribution in [2.45, 2.75) is 33.3 Å². The average molecular weight is 349 g/mol. The zero-order valence-corrected chi connectivity index (χ0v) is 15.4. The fraction of sp³-hybridized carbons (Fsp3) is 0.556. The maximum atomic E-state index is 12.9. The van der Waals surface area contributed by atoms with Crippen LogP contribution in [0.5, 0.6) is 5.75 Å². The fourth-order valence-electron chi connectivity index (χ4n) is 2.63. The highest BCUT2D eigenvalue weighted by Crippen LogP contribution is 2.26. The van der Waals surface area contributed by atoms with Crippen molar-refractivity contribution < 1.29 is 19.1 Å². The van der Waals surface area contributed by atoms with E-state index in [2.05, 4.69) is 0 Å². The molecule has 1 fully saturated rings. The molecule has 1 aliphatic heterocycles. The van der Waals surface area contributed by atoms with Crippen molar-refractivity contribution >= 4 is 17.7 Å². The van der Waals surface area contributed by atoms with Gasteiger partial charge in [-0.25, -0.2) is 4.79 Å². The van der Waals surface area contributed by atoms with Gasteiger partial charge in [-0.1, -0.05) is 6.07 Å². The molecule has 2 amide bonds. The van der Waals surface area contributed by atoms with Gasteiger partial charge in [0.25, 0.3) is 5.91 Å². The molecule has 0 atom stereocenters. The number of hydrogen-bond donors (Lipinski definition) is 1. The van der Waals surface area contributed by atoms with Gasteiger partial charge in [0.1, 0.15) is 16.9 Å². The summed E-state index contributed by atoms with van der Waals surface area (Å²) in [5.41, 5.74) is 6.24. The molecule has 0 saturated carbocycles. The van der Waals surface area contributed by atoms with Crippen molar-refractivity contribution in [2.24, 2.45) is 0 Å². The Labute approximate surface area is 148 Å². The number of carbonyl (C=O) groups is 2. The van der Waals surface area contributed by atoms with Gasteiger partial charge >= 0.3 is 6.09 Å². The third-order valence-electron chi connectivity index (χ3n) is 3.79. The van der Waals surface area contributed by atoms with Crippen LogP contribution in [0.2, 0.25) is 0 Å². The Bertz CT molecular complexity index is 632. The number of piperazine rings is 1. The summed E-state index contributed by atoms with van der Waals surface area (Å²) in [7, 11) is 0. The van der Waals surface area contributed by atoms with Crippen LogP contribution in [-0.4, -0.2) is 60.2 Å². The number of nitrogen functional groups attached to an aromatic ring is 1. The molecule has 0 unspecified atom stereocenters. The number of carbonyl (C=O) groups excluding carboxylic acids is 2. The summed E-state index contributed by atoms with van der Waals surface area (Å²) in [6.07, 6.45) is -0.353. The van der Waals surface area contributed by atoms with E-state index in [1.165, 1.54) is 0 Å². The lowest BCUT2D eigenvalue weighted by atomic mass is 10.1. The predicted molar refractivity (Wildman–Crippen MR) is 95.7 cm³/mol. The van der Waals surface area contributed by atoms with Crippen LogP contribution in [0.15, 0.2) is 18.2 Å². The molecule has 7 nitrogen and oxygen atoms in total. The first-order valence-corrected chi connectivity index (χ1v) is 8.51. The second kappa shape index (κ2) is 7.63. The van der Waals surface area contributed by atoms with Crippen LogP contribution >= 0.6 is 0 Å². The van der Waals surface area contributed by atoms with Crippen molar-refractivity contribution in [1.29, 1.82) is 0 Å². The summed E-state index contributed by atoms with van der Waals surface area (Å²) < 4.78 is 10.9. The van der Waals surface area contributed by atoms with Crippen LogP contribution in [0.3, 0.4) is 0 Å². The molecule has 1 heterocycles. The lowest BCUT2D eigenvalue weighted by molar-refractivity contribution is 0.0140. The number of nitrogens with two attached hydrogens (primary N) is 1.